The van der Waals surface area contributed by atoms with Crippen molar-refractivity contribution >= 4 is 23.7 Å². The number of aromatic nitrogens is 2. The van der Waals surface area contributed by atoms with Gasteiger partial charge in [-0.25, -0.2) is 9.78 Å². The Bertz CT molecular complexity index is 997. The van der Waals surface area contributed by atoms with Crippen molar-refractivity contribution in [1.29, 1.82) is 0 Å². The fraction of sp³-hybridized carbons (Fsp3) is 0.500. The predicted molar refractivity (Wildman–Crippen MR) is 109 cm³/mol. The van der Waals surface area contributed by atoms with E-state index < -0.39 is 29.5 Å². The van der Waals surface area contributed by atoms with Gasteiger partial charge in [-0.1, -0.05) is 6.07 Å². The van der Waals surface area contributed by atoms with Gasteiger partial charge >= 0.3 is 12.3 Å². The van der Waals surface area contributed by atoms with Gasteiger partial charge < -0.3 is 29.0 Å². The Labute approximate surface area is 186 Å². The van der Waals surface area contributed by atoms with Crippen LogP contribution in [0.25, 0.3) is 0 Å². The monoisotopic (exact) mass is 469 g/mol. The molecule has 0 saturated carbocycles. The van der Waals surface area contributed by atoms with Crippen molar-refractivity contribution in [2.75, 3.05) is 62.3 Å². The molecule has 0 aliphatic carbocycles. The number of amides is 1. The first-order valence-corrected chi connectivity index (χ1v) is 10.3. The van der Waals surface area contributed by atoms with Crippen molar-refractivity contribution in [2.45, 2.75) is 12.6 Å². The molecule has 0 radical (unpaired) electrons. The second-order valence-electron chi connectivity index (χ2n) is 7.65. The average molecular weight is 469 g/mol. The highest BCUT2D eigenvalue weighted by Gasteiger charge is 2.41. The molecule has 1 amide bonds. The standard InChI is InChI=1S/C20H22F3N5O5/c21-20(22,23)17-16(33-18(25-17)27-7-9-32-10-8-27)14(29)11-13-1-2-15(24-12-13)26-3-5-28(6-4-26)19(30)31/h1-2,12H,3-11H2,(H,30,31). The topological polar surface area (TPSA) is 112 Å². The van der Waals surface area contributed by atoms with Crippen molar-refractivity contribution < 1.29 is 37.0 Å². The SMILES string of the molecule is O=C(Cc1ccc(N2CCN(C(=O)O)CC2)nc1)c1oc(N2CCOCC2)nc1C(F)(F)F. The maximum atomic E-state index is 13.5. The van der Waals surface area contributed by atoms with Gasteiger partial charge in [0.2, 0.25) is 11.5 Å². The van der Waals surface area contributed by atoms with Crippen molar-refractivity contribution in [3.63, 3.8) is 0 Å². The second-order valence-corrected chi connectivity index (χ2v) is 7.65. The number of Topliss-reactive ketones (excluding diaryl/α,β-unsaturated/α-hetero) is 1. The maximum Gasteiger partial charge on any atom is 0.437 e. The van der Waals surface area contributed by atoms with Crippen LogP contribution < -0.4 is 9.80 Å². The van der Waals surface area contributed by atoms with Crippen LogP contribution in [0.15, 0.2) is 22.7 Å². The van der Waals surface area contributed by atoms with Crippen LogP contribution in [0.3, 0.4) is 0 Å². The number of alkyl halides is 3. The largest absolute Gasteiger partial charge is 0.465 e. The van der Waals surface area contributed by atoms with Crippen LogP contribution in [0, 0.1) is 0 Å². The molecule has 2 fully saturated rings. The quantitative estimate of drug-likeness (QED) is 0.658. The van der Waals surface area contributed by atoms with Crippen LogP contribution >= 0.6 is 0 Å². The molecule has 2 aromatic heterocycles. The number of carbonyl (C=O) groups excluding carboxylic acids is 1. The zero-order valence-corrected chi connectivity index (χ0v) is 17.5. The van der Waals surface area contributed by atoms with Crippen LogP contribution in [0.4, 0.5) is 29.8 Å². The van der Waals surface area contributed by atoms with Crippen molar-refractivity contribution in [3.05, 3.63) is 35.3 Å². The summed E-state index contributed by atoms with van der Waals surface area (Å²) in [7, 11) is 0. The fourth-order valence-electron chi connectivity index (χ4n) is 3.68. The lowest BCUT2D eigenvalue weighted by molar-refractivity contribution is -0.141. The summed E-state index contributed by atoms with van der Waals surface area (Å²) in [6.45, 7) is 2.91. The number of hydrogen-bond donors (Lipinski definition) is 1. The number of nitrogens with zero attached hydrogens (tertiary/aromatic N) is 5. The van der Waals surface area contributed by atoms with E-state index in [1.807, 2.05) is 4.90 Å². The number of halogens is 3. The highest BCUT2D eigenvalue weighted by molar-refractivity contribution is 5.96. The lowest BCUT2D eigenvalue weighted by Crippen LogP contribution is -2.48. The molecule has 33 heavy (non-hydrogen) atoms. The molecule has 4 heterocycles. The van der Waals surface area contributed by atoms with Crippen molar-refractivity contribution in [3.8, 4) is 0 Å². The smallest absolute Gasteiger partial charge is 0.437 e. The molecule has 2 aromatic rings. The number of hydrogen-bond acceptors (Lipinski definition) is 8. The Morgan fingerprint density at radius 2 is 1.73 bits per heavy atom. The number of anilines is 2. The summed E-state index contributed by atoms with van der Waals surface area (Å²) in [5.41, 5.74) is -0.916. The summed E-state index contributed by atoms with van der Waals surface area (Å²) in [5.74, 6) is -1.07. The summed E-state index contributed by atoms with van der Waals surface area (Å²) in [6, 6.07) is 3.02. The minimum Gasteiger partial charge on any atom is -0.465 e. The van der Waals surface area contributed by atoms with E-state index in [0.29, 0.717) is 63.9 Å². The van der Waals surface area contributed by atoms with Gasteiger partial charge in [0.25, 0.3) is 6.01 Å². The number of oxazole rings is 1. The minimum atomic E-state index is -4.83. The highest BCUT2D eigenvalue weighted by Crippen LogP contribution is 2.35. The molecule has 178 valence electrons. The van der Waals surface area contributed by atoms with Crippen LogP contribution in [0.5, 0.6) is 0 Å². The number of carbonyl (C=O) groups is 2. The van der Waals surface area contributed by atoms with Crippen LogP contribution in [0.2, 0.25) is 0 Å². The van der Waals surface area contributed by atoms with E-state index in [0.717, 1.165) is 0 Å². The molecule has 0 atom stereocenters. The van der Waals surface area contributed by atoms with E-state index in [1.54, 1.807) is 12.1 Å². The Kier molecular flexibility index (Phi) is 6.40. The van der Waals surface area contributed by atoms with E-state index in [1.165, 1.54) is 16.0 Å². The number of rotatable bonds is 5. The van der Waals surface area contributed by atoms with Gasteiger partial charge in [-0.2, -0.15) is 18.2 Å². The molecular weight excluding hydrogens is 447 g/mol. The van der Waals surface area contributed by atoms with Gasteiger partial charge in [-0.3, -0.25) is 4.79 Å². The first kappa shape index (κ1) is 22.8. The lowest BCUT2D eigenvalue weighted by atomic mass is 10.1. The van der Waals surface area contributed by atoms with Crippen LogP contribution in [0.1, 0.15) is 21.8 Å². The molecular formula is C20H22F3N5O5. The molecule has 0 bridgehead atoms. The maximum absolute atomic E-state index is 13.5. The van der Waals surface area contributed by atoms with E-state index in [2.05, 4.69) is 9.97 Å². The van der Waals surface area contributed by atoms with Crippen molar-refractivity contribution in [2.24, 2.45) is 0 Å². The molecule has 0 unspecified atom stereocenters. The van der Waals surface area contributed by atoms with E-state index >= 15 is 0 Å². The summed E-state index contributed by atoms with van der Waals surface area (Å²) in [5, 5.41) is 9.02. The molecule has 4 rings (SSSR count). The third-order valence-corrected chi connectivity index (χ3v) is 5.47. The molecule has 10 nitrogen and oxygen atoms in total. The number of piperazine rings is 1. The number of carboxylic acid groups (broad SMARTS) is 1. The zero-order chi connectivity index (χ0) is 23.6. The third-order valence-electron chi connectivity index (χ3n) is 5.47. The molecule has 1 N–H and O–H groups in total. The molecule has 2 aliphatic heterocycles. The summed E-state index contributed by atoms with van der Waals surface area (Å²) >= 11 is 0. The number of pyridine rings is 1. The minimum absolute atomic E-state index is 0.247. The summed E-state index contributed by atoms with van der Waals surface area (Å²) in [6.07, 6.45) is -4.72. The molecule has 13 heteroatoms. The lowest BCUT2D eigenvalue weighted by Gasteiger charge is -2.33. The molecule has 0 spiro atoms. The van der Waals surface area contributed by atoms with Gasteiger partial charge in [0.05, 0.1) is 13.2 Å². The van der Waals surface area contributed by atoms with Crippen molar-refractivity contribution in [1.82, 2.24) is 14.9 Å². The Hall–Kier alpha value is -3.35. The molecule has 2 aliphatic rings. The first-order chi connectivity index (χ1) is 15.7. The third kappa shape index (κ3) is 5.18. The van der Waals surface area contributed by atoms with Crippen LogP contribution in [-0.2, 0) is 17.3 Å². The average Bonchev–Trinajstić information content (AvgIpc) is 3.27. The normalized spacial score (nSPS) is 17.4. The fourth-order valence-corrected chi connectivity index (χ4v) is 3.68. The van der Waals surface area contributed by atoms with E-state index in [4.69, 9.17) is 14.3 Å². The van der Waals surface area contributed by atoms with Gasteiger partial charge in [0.1, 0.15) is 5.82 Å². The zero-order valence-electron chi connectivity index (χ0n) is 17.5. The summed E-state index contributed by atoms with van der Waals surface area (Å²) in [4.78, 5) is 36.3. The number of ketones is 1. The van der Waals surface area contributed by atoms with E-state index in [-0.39, 0.29) is 12.4 Å². The number of morpholine rings is 1. The highest BCUT2D eigenvalue weighted by atomic mass is 19.4. The van der Waals surface area contributed by atoms with Gasteiger partial charge in [-0.15, -0.1) is 0 Å². The Morgan fingerprint density at radius 1 is 1.03 bits per heavy atom. The van der Waals surface area contributed by atoms with Gasteiger partial charge in [0, 0.05) is 51.9 Å². The Morgan fingerprint density at radius 3 is 2.30 bits per heavy atom. The van der Waals surface area contributed by atoms with Gasteiger partial charge in [-0.05, 0) is 11.6 Å². The molecule has 2 saturated heterocycles. The summed E-state index contributed by atoms with van der Waals surface area (Å²) < 4.78 is 50.9. The molecule has 0 aromatic carbocycles. The first-order valence-electron chi connectivity index (χ1n) is 10.3. The number of ether oxygens (including phenoxy) is 1. The van der Waals surface area contributed by atoms with Crippen LogP contribution in [-0.4, -0.2) is 84.3 Å². The van der Waals surface area contributed by atoms with Gasteiger partial charge in [0.15, 0.2) is 5.69 Å². The predicted octanol–water partition coefficient (Wildman–Crippen LogP) is 2.15. The van der Waals surface area contributed by atoms with E-state index in [9.17, 15) is 22.8 Å². The Balaban J connectivity index is 1.45. The second kappa shape index (κ2) is 9.25.